The van der Waals surface area contributed by atoms with Gasteiger partial charge in [-0.3, -0.25) is 19.2 Å². The Morgan fingerprint density at radius 2 is 1.48 bits per heavy atom. The lowest BCUT2D eigenvalue weighted by molar-refractivity contribution is -0.349. The lowest BCUT2D eigenvalue weighted by Gasteiger charge is -2.48. The molecule has 0 saturated carbocycles. The number of hydrogen-bond acceptors (Lipinski definition) is 10. The molecule has 1 rings (SSSR count). The molecule has 0 radical (unpaired) electrons. The van der Waals surface area contributed by atoms with Crippen LogP contribution >= 0.6 is 0 Å². The standard InChI is InChI=1S/C17H22O10/c1-6-7-17(22)16(26-12(5)21)15(25-11(4)20)14(24-10(3)19)13(27-17)8-23-9(2)18/h1,13-16,22H,7-8H2,2-5H3/t13-,14-,15+,16-,17+/m1/s1. The van der Waals surface area contributed by atoms with Crippen molar-refractivity contribution >= 4 is 23.9 Å². The van der Waals surface area contributed by atoms with E-state index in [1.54, 1.807) is 0 Å². The first-order valence-corrected chi connectivity index (χ1v) is 7.98. The van der Waals surface area contributed by atoms with Gasteiger partial charge in [0.15, 0.2) is 18.3 Å². The van der Waals surface area contributed by atoms with Gasteiger partial charge in [0.25, 0.3) is 0 Å². The summed E-state index contributed by atoms with van der Waals surface area (Å²) >= 11 is 0. The molecule has 0 spiro atoms. The minimum absolute atomic E-state index is 0.440. The van der Waals surface area contributed by atoms with Crippen molar-refractivity contribution in [3.63, 3.8) is 0 Å². The van der Waals surface area contributed by atoms with Crippen LogP contribution in [0.15, 0.2) is 0 Å². The van der Waals surface area contributed by atoms with Crippen LogP contribution in [0.25, 0.3) is 0 Å². The number of carbonyl (C=O) groups is 4. The fourth-order valence-corrected chi connectivity index (χ4v) is 2.65. The number of carbonyl (C=O) groups excluding carboxylic acids is 4. The maximum Gasteiger partial charge on any atom is 0.303 e. The Morgan fingerprint density at radius 1 is 0.963 bits per heavy atom. The Morgan fingerprint density at radius 3 is 1.93 bits per heavy atom. The van der Waals surface area contributed by atoms with Crippen LogP contribution < -0.4 is 0 Å². The summed E-state index contributed by atoms with van der Waals surface area (Å²) in [5.41, 5.74) is 0. The van der Waals surface area contributed by atoms with Gasteiger partial charge < -0.3 is 28.8 Å². The maximum atomic E-state index is 11.6. The Labute approximate surface area is 156 Å². The van der Waals surface area contributed by atoms with Gasteiger partial charge in [-0.05, 0) is 0 Å². The molecule has 0 aromatic rings. The van der Waals surface area contributed by atoms with Gasteiger partial charge in [-0.25, -0.2) is 0 Å². The van der Waals surface area contributed by atoms with E-state index in [1.807, 2.05) is 0 Å². The molecule has 0 aliphatic carbocycles. The number of hydrogen-bond donors (Lipinski definition) is 1. The Bertz CT molecular complexity index is 636. The van der Waals surface area contributed by atoms with Crippen LogP contribution in [0.2, 0.25) is 0 Å². The van der Waals surface area contributed by atoms with Gasteiger partial charge >= 0.3 is 23.9 Å². The molecule has 5 atom stereocenters. The second-order valence-electron chi connectivity index (χ2n) is 5.86. The van der Waals surface area contributed by atoms with Crippen LogP contribution in [-0.4, -0.2) is 65.8 Å². The van der Waals surface area contributed by atoms with E-state index in [2.05, 4.69) is 5.92 Å². The average molecular weight is 386 g/mol. The number of ether oxygens (including phenoxy) is 5. The van der Waals surface area contributed by atoms with E-state index < -0.39 is 67.1 Å². The summed E-state index contributed by atoms with van der Waals surface area (Å²) in [5.74, 6) is -3.15. The zero-order valence-corrected chi connectivity index (χ0v) is 15.4. The zero-order valence-electron chi connectivity index (χ0n) is 15.4. The largest absolute Gasteiger partial charge is 0.463 e. The second-order valence-corrected chi connectivity index (χ2v) is 5.86. The molecule has 10 heteroatoms. The zero-order chi connectivity index (χ0) is 20.8. The van der Waals surface area contributed by atoms with Gasteiger partial charge in [0.2, 0.25) is 5.79 Å². The van der Waals surface area contributed by atoms with E-state index in [0.29, 0.717) is 0 Å². The SMILES string of the molecule is C#CC[C@]1(O)O[C@H](COC(C)=O)[C@@H](OC(C)=O)[C@H](OC(C)=O)[C@H]1OC(C)=O. The molecule has 1 aliphatic heterocycles. The summed E-state index contributed by atoms with van der Waals surface area (Å²) in [4.78, 5) is 45.7. The number of terminal acetylenes is 1. The summed E-state index contributed by atoms with van der Waals surface area (Å²) in [6.45, 7) is 3.93. The third kappa shape index (κ3) is 6.23. The van der Waals surface area contributed by atoms with Gasteiger partial charge in [-0.1, -0.05) is 0 Å². The van der Waals surface area contributed by atoms with Crippen molar-refractivity contribution in [2.24, 2.45) is 0 Å². The van der Waals surface area contributed by atoms with Crippen LogP contribution in [0, 0.1) is 12.3 Å². The Kier molecular flexibility index (Phi) is 7.75. The number of rotatable bonds is 6. The molecule has 1 fully saturated rings. The van der Waals surface area contributed by atoms with Crippen molar-refractivity contribution in [1.82, 2.24) is 0 Å². The highest BCUT2D eigenvalue weighted by Crippen LogP contribution is 2.36. The summed E-state index contributed by atoms with van der Waals surface area (Å²) in [5, 5.41) is 10.8. The molecule has 0 unspecified atom stereocenters. The van der Waals surface area contributed by atoms with E-state index in [9.17, 15) is 24.3 Å². The van der Waals surface area contributed by atoms with Crippen molar-refractivity contribution in [2.45, 2.75) is 64.3 Å². The smallest absolute Gasteiger partial charge is 0.303 e. The van der Waals surface area contributed by atoms with Gasteiger partial charge in [-0.15, -0.1) is 12.3 Å². The second kappa shape index (κ2) is 9.34. The van der Waals surface area contributed by atoms with Gasteiger partial charge in [0, 0.05) is 27.7 Å². The quantitative estimate of drug-likeness (QED) is 0.360. The van der Waals surface area contributed by atoms with E-state index in [-0.39, 0.29) is 0 Å². The van der Waals surface area contributed by atoms with Gasteiger partial charge in [-0.2, -0.15) is 0 Å². The van der Waals surface area contributed by atoms with E-state index in [4.69, 9.17) is 30.1 Å². The molecule has 10 nitrogen and oxygen atoms in total. The van der Waals surface area contributed by atoms with Crippen LogP contribution in [0.1, 0.15) is 34.1 Å². The highest BCUT2D eigenvalue weighted by molar-refractivity contribution is 5.68. The molecule has 1 heterocycles. The van der Waals surface area contributed by atoms with E-state index >= 15 is 0 Å². The number of esters is 4. The molecule has 1 N–H and O–H groups in total. The topological polar surface area (TPSA) is 135 Å². The summed E-state index contributed by atoms with van der Waals surface area (Å²) in [7, 11) is 0. The molecular formula is C17H22O10. The highest BCUT2D eigenvalue weighted by Gasteiger charge is 2.59. The van der Waals surface area contributed by atoms with Crippen molar-refractivity contribution in [2.75, 3.05) is 6.61 Å². The Hall–Kier alpha value is -2.64. The fraction of sp³-hybridized carbons (Fsp3) is 0.647. The molecule has 0 aromatic heterocycles. The van der Waals surface area contributed by atoms with Crippen LogP contribution in [0.5, 0.6) is 0 Å². The summed E-state index contributed by atoms with van der Waals surface area (Å²) in [6, 6.07) is 0. The first kappa shape index (κ1) is 22.4. The van der Waals surface area contributed by atoms with Crippen molar-refractivity contribution in [1.29, 1.82) is 0 Å². The van der Waals surface area contributed by atoms with Crippen LogP contribution in [0.4, 0.5) is 0 Å². The molecule has 0 aromatic carbocycles. The predicted molar refractivity (Wildman–Crippen MR) is 86.6 cm³/mol. The summed E-state index contributed by atoms with van der Waals surface area (Å²) in [6.07, 6.45) is -0.822. The fourth-order valence-electron chi connectivity index (χ4n) is 2.65. The third-order valence-electron chi connectivity index (χ3n) is 3.49. The lowest BCUT2D eigenvalue weighted by Crippen LogP contribution is -2.68. The molecule has 1 saturated heterocycles. The predicted octanol–water partition coefficient (Wildman–Crippen LogP) is -0.545. The van der Waals surface area contributed by atoms with E-state index in [0.717, 1.165) is 27.7 Å². The average Bonchev–Trinajstić information content (AvgIpc) is 2.51. The summed E-state index contributed by atoms with van der Waals surface area (Å²) < 4.78 is 25.7. The molecular weight excluding hydrogens is 364 g/mol. The molecule has 0 bridgehead atoms. The van der Waals surface area contributed by atoms with E-state index in [1.165, 1.54) is 0 Å². The minimum atomic E-state index is -2.28. The number of aliphatic hydroxyl groups is 1. The van der Waals surface area contributed by atoms with Gasteiger partial charge in [0.05, 0.1) is 6.42 Å². The van der Waals surface area contributed by atoms with Crippen LogP contribution in [-0.2, 0) is 42.9 Å². The highest BCUT2D eigenvalue weighted by atomic mass is 16.7. The van der Waals surface area contributed by atoms with Gasteiger partial charge in [0.1, 0.15) is 12.7 Å². The molecule has 27 heavy (non-hydrogen) atoms. The van der Waals surface area contributed by atoms with Crippen molar-refractivity contribution in [3.05, 3.63) is 0 Å². The maximum absolute atomic E-state index is 11.6. The first-order chi connectivity index (χ1) is 12.5. The normalized spacial score (nSPS) is 29.8. The first-order valence-electron chi connectivity index (χ1n) is 7.98. The monoisotopic (exact) mass is 386 g/mol. The van der Waals surface area contributed by atoms with Crippen LogP contribution in [0.3, 0.4) is 0 Å². The molecule has 0 amide bonds. The molecule has 1 aliphatic rings. The Balaban J connectivity index is 3.39. The third-order valence-corrected chi connectivity index (χ3v) is 3.49. The lowest BCUT2D eigenvalue weighted by atomic mass is 9.90. The molecule has 150 valence electrons. The van der Waals surface area contributed by atoms with Crippen molar-refractivity contribution in [3.8, 4) is 12.3 Å². The minimum Gasteiger partial charge on any atom is -0.463 e. The van der Waals surface area contributed by atoms with Crippen molar-refractivity contribution < 1.29 is 48.0 Å².